The van der Waals surface area contributed by atoms with E-state index in [-0.39, 0.29) is 0 Å². The van der Waals surface area contributed by atoms with Crippen molar-refractivity contribution in [1.29, 1.82) is 0 Å². The van der Waals surface area contributed by atoms with Crippen LogP contribution >= 0.6 is 0 Å². The van der Waals surface area contributed by atoms with E-state index in [2.05, 4.69) is 5.10 Å². The van der Waals surface area contributed by atoms with Gasteiger partial charge in [0.25, 0.3) is 0 Å². The summed E-state index contributed by atoms with van der Waals surface area (Å²) in [6, 6.07) is 19.1. The monoisotopic (exact) mass is 262 g/mol. The Kier molecular flexibility index (Phi) is 2.23. The van der Waals surface area contributed by atoms with Gasteiger partial charge in [-0.3, -0.25) is 0 Å². The van der Waals surface area contributed by atoms with Crippen LogP contribution in [0.4, 0.5) is 0 Å². The largest absolute Gasteiger partial charge is 0.440 e. The van der Waals surface area contributed by atoms with Crippen LogP contribution in [0.3, 0.4) is 0 Å². The van der Waals surface area contributed by atoms with E-state index in [1.165, 1.54) is 4.52 Å². The van der Waals surface area contributed by atoms with Crippen molar-refractivity contribution in [3.8, 4) is 11.3 Å². The van der Waals surface area contributed by atoms with Crippen molar-refractivity contribution in [1.82, 2.24) is 9.61 Å². The Bertz CT molecular complexity index is 968. The lowest BCUT2D eigenvalue weighted by Crippen LogP contribution is -2.12. The van der Waals surface area contributed by atoms with Gasteiger partial charge in [-0.15, -0.1) is 0 Å². The molecule has 0 aliphatic rings. The molecule has 0 aliphatic heterocycles. The fraction of sp³-hybridized carbons (Fsp3) is 0. The Morgan fingerprint density at radius 1 is 0.950 bits per heavy atom. The molecule has 2 aromatic heterocycles. The molecule has 2 heterocycles. The lowest BCUT2D eigenvalue weighted by molar-refractivity contribution is 0.508. The lowest BCUT2D eigenvalue weighted by Gasteiger charge is -1.97. The molecular weight excluding hydrogens is 252 g/mol. The minimum absolute atomic E-state index is 0.471. The van der Waals surface area contributed by atoms with Gasteiger partial charge >= 0.3 is 5.76 Å². The Morgan fingerprint density at radius 2 is 1.70 bits per heavy atom. The molecule has 2 aromatic carbocycles. The third-order valence-corrected chi connectivity index (χ3v) is 3.31. The molecule has 0 amide bonds. The maximum Gasteiger partial charge on any atom is 0.440 e. The van der Waals surface area contributed by atoms with Gasteiger partial charge in [0.05, 0.1) is 11.2 Å². The average molecular weight is 262 g/mol. The smallest absolute Gasteiger partial charge is 0.408 e. The Hall–Kier alpha value is -2.88. The number of hydrogen-bond acceptors (Lipinski definition) is 3. The summed E-state index contributed by atoms with van der Waals surface area (Å²) in [4.78, 5) is 12.0. The Morgan fingerprint density at radius 3 is 2.55 bits per heavy atom. The van der Waals surface area contributed by atoms with Crippen LogP contribution in [-0.2, 0) is 0 Å². The van der Waals surface area contributed by atoms with Crippen molar-refractivity contribution in [2.45, 2.75) is 0 Å². The van der Waals surface area contributed by atoms with Crippen molar-refractivity contribution >= 4 is 16.5 Å². The predicted octanol–water partition coefficient (Wildman–Crippen LogP) is 3.11. The van der Waals surface area contributed by atoms with Crippen molar-refractivity contribution in [3.05, 3.63) is 71.2 Å². The van der Waals surface area contributed by atoms with Crippen LogP contribution in [0, 0.1) is 0 Å². The predicted molar refractivity (Wildman–Crippen MR) is 76.7 cm³/mol. The lowest BCUT2D eigenvalue weighted by atomic mass is 10.1. The average Bonchev–Trinajstić information content (AvgIpc) is 2.94. The number of fused-ring (bicyclic) bond motifs is 3. The Balaban J connectivity index is 2.11. The van der Waals surface area contributed by atoms with Gasteiger partial charge in [-0.2, -0.15) is 9.61 Å². The summed E-state index contributed by atoms with van der Waals surface area (Å²) in [7, 11) is 0. The highest BCUT2D eigenvalue weighted by Gasteiger charge is 2.11. The number of nitrogens with zero attached hydrogens (tertiary/aromatic N) is 2. The molecule has 0 radical (unpaired) electrons. The molecule has 0 N–H and O–H groups in total. The van der Waals surface area contributed by atoms with Gasteiger partial charge in [-0.25, -0.2) is 4.79 Å². The molecule has 4 heteroatoms. The number of benzene rings is 2. The van der Waals surface area contributed by atoms with Gasteiger partial charge in [-0.1, -0.05) is 42.5 Å². The highest BCUT2D eigenvalue weighted by Crippen LogP contribution is 2.23. The first-order valence-electron chi connectivity index (χ1n) is 6.30. The van der Waals surface area contributed by atoms with Crippen LogP contribution in [-0.4, -0.2) is 9.61 Å². The van der Waals surface area contributed by atoms with E-state index >= 15 is 0 Å². The molecule has 0 saturated carbocycles. The zero-order valence-electron chi connectivity index (χ0n) is 10.5. The molecule has 96 valence electrons. The molecule has 0 aliphatic carbocycles. The summed E-state index contributed by atoms with van der Waals surface area (Å²) in [5.74, 6) is -0.471. The summed E-state index contributed by atoms with van der Waals surface area (Å²) in [5, 5.41) is 5.22. The van der Waals surface area contributed by atoms with Gasteiger partial charge in [0.2, 0.25) is 0 Å². The summed E-state index contributed by atoms with van der Waals surface area (Å²) in [6.07, 6.45) is 0. The van der Waals surface area contributed by atoms with Crippen LogP contribution in [0.2, 0.25) is 0 Å². The molecule has 0 bridgehead atoms. The fourth-order valence-corrected chi connectivity index (χ4v) is 2.37. The van der Waals surface area contributed by atoms with Gasteiger partial charge in [0.15, 0.2) is 0 Å². The van der Waals surface area contributed by atoms with Crippen LogP contribution in [0.15, 0.2) is 69.9 Å². The minimum atomic E-state index is -0.471. The Labute approximate surface area is 113 Å². The molecular formula is C16H10N2O2. The van der Waals surface area contributed by atoms with Crippen LogP contribution in [0.25, 0.3) is 27.7 Å². The molecule has 4 rings (SSSR count). The zero-order valence-corrected chi connectivity index (χ0v) is 10.5. The third-order valence-electron chi connectivity index (χ3n) is 3.31. The van der Waals surface area contributed by atoms with E-state index in [9.17, 15) is 4.79 Å². The first-order valence-corrected chi connectivity index (χ1v) is 6.30. The second kappa shape index (κ2) is 4.06. The number of rotatable bonds is 1. The molecule has 0 unspecified atom stereocenters. The zero-order chi connectivity index (χ0) is 13.5. The topological polar surface area (TPSA) is 47.5 Å². The highest BCUT2D eigenvalue weighted by molar-refractivity contribution is 5.93. The minimum Gasteiger partial charge on any atom is -0.408 e. The molecule has 4 aromatic rings. The van der Waals surface area contributed by atoms with E-state index in [1.54, 1.807) is 6.07 Å². The highest BCUT2D eigenvalue weighted by atomic mass is 16.4. The first-order chi connectivity index (χ1) is 9.83. The number of para-hydroxylation sites is 1. The van der Waals surface area contributed by atoms with E-state index in [0.717, 1.165) is 22.2 Å². The summed E-state index contributed by atoms with van der Waals surface area (Å²) < 4.78 is 6.58. The second-order valence-electron chi connectivity index (χ2n) is 4.56. The van der Waals surface area contributed by atoms with Crippen LogP contribution in [0.1, 0.15) is 0 Å². The first kappa shape index (κ1) is 11.0. The standard InChI is InChI=1S/C16H10N2O2/c19-16-18-14(12-8-4-5-9-15(12)20-16)10-13(17-18)11-6-2-1-3-7-11/h1-10H. The molecule has 20 heavy (non-hydrogen) atoms. The SMILES string of the molecule is O=c1oc2ccccc2c2cc(-c3ccccc3)nn12. The van der Waals surface area contributed by atoms with Gasteiger partial charge in [0.1, 0.15) is 5.58 Å². The van der Waals surface area contributed by atoms with Crippen LogP contribution in [0.5, 0.6) is 0 Å². The summed E-state index contributed by atoms with van der Waals surface area (Å²) in [5.41, 5.74) is 3.06. The van der Waals surface area contributed by atoms with Crippen molar-refractivity contribution < 1.29 is 4.42 Å². The molecule has 0 spiro atoms. The second-order valence-corrected chi connectivity index (χ2v) is 4.56. The molecule has 4 nitrogen and oxygen atoms in total. The van der Waals surface area contributed by atoms with Crippen molar-refractivity contribution in [2.24, 2.45) is 0 Å². The van der Waals surface area contributed by atoms with Crippen molar-refractivity contribution in [2.75, 3.05) is 0 Å². The van der Waals surface area contributed by atoms with Crippen LogP contribution < -0.4 is 5.76 Å². The molecule has 0 saturated heterocycles. The summed E-state index contributed by atoms with van der Waals surface area (Å²) >= 11 is 0. The van der Waals surface area contributed by atoms with E-state index in [4.69, 9.17) is 4.42 Å². The van der Waals surface area contributed by atoms with Gasteiger partial charge < -0.3 is 4.42 Å². The van der Waals surface area contributed by atoms with E-state index in [0.29, 0.717) is 5.58 Å². The van der Waals surface area contributed by atoms with Crippen molar-refractivity contribution in [3.63, 3.8) is 0 Å². The maximum atomic E-state index is 12.0. The quantitative estimate of drug-likeness (QED) is 0.529. The molecule has 0 fully saturated rings. The van der Waals surface area contributed by atoms with E-state index in [1.807, 2.05) is 54.6 Å². The fourth-order valence-electron chi connectivity index (χ4n) is 2.37. The van der Waals surface area contributed by atoms with Gasteiger partial charge in [-0.05, 0) is 18.2 Å². The molecule has 0 atom stereocenters. The van der Waals surface area contributed by atoms with Gasteiger partial charge in [0, 0.05) is 10.9 Å². The normalized spacial score (nSPS) is 11.2. The van der Waals surface area contributed by atoms with E-state index < -0.39 is 5.76 Å². The summed E-state index contributed by atoms with van der Waals surface area (Å²) in [6.45, 7) is 0. The third kappa shape index (κ3) is 1.55. The number of hydrogen-bond donors (Lipinski definition) is 0. The number of aromatic nitrogens is 2. The maximum absolute atomic E-state index is 12.0.